The number of epoxide rings is 2. The SMILES string of the molecule is C=C1/C=C/[C@H](C(C)C)CC(=O)[C@@]2(CO2)[C@@H]2O[C@@H]2C1. The largest absolute Gasteiger partial charge is 0.365 e. The van der Waals surface area contributed by atoms with Gasteiger partial charge in [0.05, 0.1) is 12.7 Å². The van der Waals surface area contributed by atoms with Crippen LogP contribution in [0.2, 0.25) is 0 Å². The average molecular weight is 248 g/mol. The normalized spacial score (nSPS) is 44.9. The smallest absolute Gasteiger partial charge is 0.178 e. The molecular weight excluding hydrogens is 228 g/mol. The van der Waals surface area contributed by atoms with Gasteiger partial charge in [0.1, 0.15) is 6.10 Å². The summed E-state index contributed by atoms with van der Waals surface area (Å²) in [5.41, 5.74) is 0.474. The van der Waals surface area contributed by atoms with Crippen molar-refractivity contribution in [3.63, 3.8) is 0 Å². The lowest BCUT2D eigenvalue weighted by Crippen LogP contribution is -2.34. The molecule has 0 N–H and O–H groups in total. The maximum atomic E-state index is 12.4. The summed E-state index contributed by atoms with van der Waals surface area (Å²) in [6.07, 6.45) is 5.65. The highest BCUT2D eigenvalue weighted by molar-refractivity contribution is 5.91. The number of rotatable bonds is 1. The summed E-state index contributed by atoms with van der Waals surface area (Å²) in [6, 6.07) is 0. The van der Waals surface area contributed by atoms with Crippen molar-refractivity contribution in [3.05, 3.63) is 24.3 Å². The van der Waals surface area contributed by atoms with Gasteiger partial charge in [-0.2, -0.15) is 0 Å². The Morgan fingerprint density at radius 1 is 1.44 bits per heavy atom. The van der Waals surface area contributed by atoms with Crippen molar-refractivity contribution < 1.29 is 14.3 Å². The van der Waals surface area contributed by atoms with Crippen LogP contribution in [0.1, 0.15) is 26.7 Å². The van der Waals surface area contributed by atoms with E-state index in [2.05, 4.69) is 32.6 Å². The third-order valence-electron chi connectivity index (χ3n) is 4.29. The van der Waals surface area contributed by atoms with Crippen molar-refractivity contribution in [3.8, 4) is 0 Å². The Labute approximate surface area is 108 Å². The van der Waals surface area contributed by atoms with E-state index >= 15 is 0 Å². The third kappa shape index (κ3) is 1.95. The molecule has 0 unspecified atom stereocenters. The van der Waals surface area contributed by atoms with Crippen LogP contribution in [0.5, 0.6) is 0 Å². The number of fused-ring (bicyclic) bond motifs is 2. The Hall–Kier alpha value is -0.930. The first-order valence-corrected chi connectivity index (χ1v) is 6.71. The summed E-state index contributed by atoms with van der Waals surface area (Å²) >= 11 is 0. The zero-order valence-corrected chi connectivity index (χ0v) is 11.0. The zero-order chi connectivity index (χ0) is 12.9. The third-order valence-corrected chi connectivity index (χ3v) is 4.29. The van der Waals surface area contributed by atoms with Gasteiger partial charge in [0.25, 0.3) is 0 Å². The molecule has 0 bridgehead atoms. The van der Waals surface area contributed by atoms with Gasteiger partial charge in [-0.05, 0) is 11.8 Å². The van der Waals surface area contributed by atoms with Crippen molar-refractivity contribution >= 4 is 5.78 Å². The number of ketones is 1. The van der Waals surface area contributed by atoms with E-state index in [1.807, 2.05) is 0 Å². The second-order valence-electron chi connectivity index (χ2n) is 6.03. The Bertz CT molecular complexity index is 417. The van der Waals surface area contributed by atoms with Crippen LogP contribution in [0.25, 0.3) is 0 Å². The fourth-order valence-electron chi connectivity index (χ4n) is 2.77. The lowest BCUT2D eigenvalue weighted by molar-refractivity contribution is -0.125. The van der Waals surface area contributed by atoms with Gasteiger partial charge < -0.3 is 9.47 Å². The molecule has 0 aromatic carbocycles. The van der Waals surface area contributed by atoms with E-state index in [1.165, 1.54) is 0 Å². The molecule has 2 heterocycles. The highest BCUT2D eigenvalue weighted by atomic mass is 16.7. The molecule has 2 aliphatic heterocycles. The average Bonchev–Trinajstić information content (AvgIpc) is 3.15. The van der Waals surface area contributed by atoms with E-state index in [9.17, 15) is 4.79 Å². The summed E-state index contributed by atoms with van der Waals surface area (Å²) in [6.45, 7) is 8.88. The van der Waals surface area contributed by atoms with Gasteiger partial charge in [-0.3, -0.25) is 4.79 Å². The minimum Gasteiger partial charge on any atom is -0.365 e. The van der Waals surface area contributed by atoms with Gasteiger partial charge in [0.15, 0.2) is 11.4 Å². The van der Waals surface area contributed by atoms with Crippen molar-refractivity contribution in [2.24, 2.45) is 11.8 Å². The Kier molecular flexibility index (Phi) is 2.72. The topological polar surface area (TPSA) is 42.1 Å². The standard InChI is InChI=1S/C15H20O3/c1-9(2)11-5-4-10(3)6-12-14(18-12)15(8-17-15)13(16)7-11/h4-5,9,11-12,14H,3,6-8H2,1-2H3/b5-4+/t11-,12+,14+,15-/m0/s1. The lowest BCUT2D eigenvalue weighted by Gasteiger charge is -2.19. The van der Waals surface area contributed by atoms with Crippen molar-refractivity contribution in [1.29, 1.82) is 0 Å². The molecule has 0 aromatic rings. The molecular formula is C15H20O3. The van der Waals surface area contributed by atoms with Crippen LogP contribution in [-0.4, -0.2) is 30.2 Å². The van der Waals surface area contributed by atoms with E-state index in [1.54, 1.807) is 0 Å². The first-order valence-electron chi connectivity index (χ1n) is 6.71. The lowest BCUT2D eigenvalue weighted by atomic mass is 9.83. The molecule has 3 aliphatic rings. The minimum absolute atomic E-state index is 0.0268. The van der Waals surface area contributed by atoms with Crippen LogP contribution in [0.3, 0.4) is 0 Å². The maximum Gasteiger partial charge on any atom is 0.178 e. The summed E-state index contributed by atoms with van der Waals surface area (Å²) in [5.74, 6) is 0.931. The van der Waals surface area contributed by atoms with Crippen LogP contribution in [0.4, 0.5) is 0 Å². The molecule has 3 nitrogen and oxygen atoms in total. The second kappa shape index (κ2) is 4.04. The molecule has 0 radical (unpaired) electrons. The first kappa shape index (κ1) is 12.1. The van der Waals surface area contributed by atoms with E-state index in [0.29, 0.717) is 18.9 Å². The van der Waals surface area contributed by atoms with Crippen LogP contribution in [-0.2, 0) is 14.3 Å². The van der Waals surface area contributed by atoms with Crippen molar-refractivity contribution in [2.45, 2.75) is 44.5 Å². The highest BCUT2D eigenvalue weighted by Gasteiger charge is 2.67. The predicted molar refractivity (Wildman–Crippen MR) is 68.2 cm³/mol. The summed E-state index contributed by atoms with van der Waals surface area (Å²) in [4.78, 5) is 12.4. The van der Waals surface area contributed by atoms with E-state index in [-0.39, 0.29) is 23.9 Å². The van der Waals surface area contributed by atoms with Gasteiger partial charge in [-0.25, -0.2) is 0 Å². The number of carbonyl (C=O) groups is 1. The van der Waals surface area contributed by atoms with Gasteiger partial charge in [0.2, 0.25) is 0 Å². The maximum absolute atomic E-state index is 12.4. The van der Waals surface area contributed by atoms with E-state index < -0.39 is 5.60 Å². The van der Waals surface area contributed by atoms with Crippen molar-refractivity contribution in [2.75, 3.05) is 6.61 Å². The Balaban J connectivity index is 1.85. The molecule has 18 heavy (non-hydrogen) atoms. The van der Waals surface area contributed by atoms with Gasteiger partial charge in [0, 0.05) is 12.8 Å². The summed E-state index contributed by atoms with van der Waals surface area (Å²) in [7, 11) is 0. The molecule has 3 rings (SSSR count). The van der Waals surface area contributed by atoms with Gasteiger partial charge >= 0.3 is 0 Å². The van der Waals surface area contributed by atoms with Crippen LogP contribution in [0.15, 0.2) is 24.3 Å². The summed E-state index contributed by atoms with van der Waals surface area (Å²) < 4.78 is 11.1. The molecule has 2 saturated heterocycles. The number of ether oxygens (including phenoxy) is 2. The van der Waals surface area contributed by atoms with E-state index in [4.69, 9.17) is 9.47 Å². The Morgan fingerprint density at radius 2 is 2.17 bits per heavy atom. The van der Waals surface area contributed by atoms with Crippen LogP contribution >= 0.6 is 0 Å². The molecule has 1 aliphatic carbocycles. The number of carbonyl (C=O) groups excluding carboxylic acids is 1. The first-order chi connectivity index (χ1) is 8.53. The predicted octanol–water partition coefficient (Wildman–Crippen LogP) is 2.27. The summed E-state index contributed by atoms with van der Waals surface area (Å²) in [5, 5.41) is 0. The fourth-order valence-corrected chi connectivity index (χ4v) is 2.77. The molecule has 98 valence electrons. The molecule has 0 amide bonds. The number of hydrogen-bond donors (Lipinski definition) is 0. The fraction of sp³-hybridized carbons (Fsp3) is 0.667. The van der Waals surface area contributed by atoms with Crippen molar-refractivity contribution in [1.82, 2.24) is 0 Å². The van der Waals surface area contributed by atoms with Gasteiger partial charge in [-0.15, -0.1) is 0 Å². The van der Waals surface area contributed by atoms with Gasteiger partial charge in [-0.1, -0.05) is 38.2 Å². The zero-order valence-electron chi connectivity index (χ0n) is 11.0. The number of hydrogen-bond acceptors (Lipinski definition) is 3. The monoisotopic (exact) mass is 248 g/mol. The quantitative estimate of drug-likeness (QED) is 0.668. The number of allylic oxidation sites excluding steroid dienone is 2. The Morgan fingerprint density at radius 3 is 2.78 bits per heavy atom. The minimum atomic E-state index is -0.608. The number of Topliss-reactive ketones (excluding diaryl/α,β-unsaturated/α-hetero) is 1. The molecule has 4 atom stereocenters. The van der Waals surface area contributed by atoms with Crippen LogP contribution in [0, 0.1) is 11.8 Å². The molecule has 3 heteroatoms. The van der Waals surface area contributed by atoms with Crippen LogP contribution < -0.4 is 0 Å². The molecule has 0 aromatic heterocycles. The highest BCUT2D eigenvalue weighted by Crippen LogP contribution is 2.48. The second-order valence-corrected chi connectivity index (χ2v) is 6.03. The molecule has 0 saturated carbocycles. The molecule has 2 fully saturated rings. The van der Waals surface area contributed by atoms with E-state index in [0.717, 1.165) is 12.0 Å². The molecule has 1 spiro atoms.